The molecule has 0 N–H and O–H groups in total. The Morgan fingerprint density at radius 1 is 1.05 bits per heavy atom. The molecule has 0 fully saturated rings. The lowest BCUT2D eigenvalue weighted by molar-refractivity contribution is 0.864. The summed E-state index contributed by atoms with van der Waals surface area (Å²) in [4.78, 5) is 4.56. The maximum atomic E-state index is 9.03. The van der Waals surface area contributed by atoms with Gasteiger partial charge in [-0.15, -0.1) is 0 Å². The minimum atomic E-state index is 0.398. The number of aryl methyl sites for hydroxylation is 3. The lowest BCUT2D eigenvalue weighted by atomic mass is 10.1. The first-order chi connectivity index (χ1) is 10.3. The largest absolute Gasteiger partial charge is 0.300 e. The minimum absolute atomic E-state index is 0.398. The van der Waals surface area contributed by atoms with Crippen molar-refractivity contribution in [2.24, 2.45) is 0 Å². The van der Waals surface area contributed by atoms with Crippen molar-refractivity contribution in [2.75, 3.05) is 0 Å². The van der Waals surface area contributed by atoms with E-state index in [0.717, 1.165) is 29.9 Å². The van der Waals surface area contributed by atoms with Gasteiger partial charge in [0.1, 0.15) is 5.65 Å². The van der Waals surface area contributed by atoms with E-state index in [1.54, 1.807) is 0 Å². The topological polar surface area (TPSA) is 41.1 Å². The van der Waals surface area contributed by atoms with Gasteiger partial charge in [-0.25, -0.2) is 4.98 Å². The molecule has 0 unspecified atom stereocenters. The van der Waals surface area contributed by atoms with Crippen LogP contribution >= 0.6 is 0 Å². The van der Waals surface area contributed by atoms with Crippen molar-refractivity contribution in [3.63, 3.8) is 0 Å². The number of hydrogen-bond donors (Lipinski definition) is 0. The van der Waals surface area contributed by atoms with Gasteiger partial charge >= 0.3 is 0 Å². The van der Waals surface area contributed by atoms with Crippen LogP contribution in [-0.2, 0) is 19.3 Å². The molecule has 0 saturated heterocycles. The molecule has 0 saturated carbocycles. The van der Waals surface area contributed by atoms with Crippen molar-refractivity contribution < 1.29 is 0 Å². The number of pyridine rings is 1. The van der Waals surface area contributed by atoms with Crippen LogP contribution in [-0.4, -0.2) is 9.38 Å². The SMILES string of the molecule is Cc1nc2cccc(CCc3ccccc3)n2c1CC#N. The summed E-state index contributed by atoms with van der Waals surface area (Å²) >= 11 is 0. The van der Waals surface area contributed by atoms with E-state index in [9.17, 15) is 0 Å². The summed E-state index contributed by atoms with van der Waals surface area (Å²) in [6.45, 7) is 1.97. The molecule has 0 radical (unpaired) electrons. The molecule has 0 spiro atoms. The molecule has 1 aromatic carbocycles. The van der Waals surface area contributed by atoms with E-state index in [0.29, 0.717) is 6.42 Å². The number of nitrogens with zero attached hydrogens (tertiary/aromatic N) is 3. The fourth-order valence-corrected chi connectivity index (χ4v) is 2.73. The van der Waals surface area contributed by atoms with Gasteiger partial charge in [0.25, 0.3) is 0 Å². The van der Waals surface area contributed by atoms with E-state index in [2.05, 4.69) is 45.8 Å². The molecule has 0 bridgehead atoms. The van der Waals surface area contributed by atoms with Gasteiger partial charge in [-0.2, -0.15) is 5.26 Å². The average molecular weight is 275 g/mol. The maximum absolute atomic E-state index is 9.03. The molecule has 0 aliphatic carbocycles. The maximum Gasteiger partial charge on any atom is 0.137 e. The van der Waals surface area contributed by atoms with E-state index in [1.165, 1.54) is 11.3 Å². The molecule has 0 aliphatic heterocycles. The molecule has 2 heterocycles. The fourth-order valence-electron chi connectivity index (χ4n) is 2.73. The normalized spacial score (nSPS) is 10.7. The van der Waals surface area contributed by atoms with Crippen molar-refractivity contribution >= 4 is 5.65 Å². The van der Waals surface area contributed by atoms with E-state index < -0.39 is 0 Å². The second-order valence-electron chi connectivity index (χ2n) is 5.18. The average Bonchev–Trinajstić information content (AvgIpc) is 2.83. The summed E-state index contributed by atoms with van der Waals surface area (Å²) < 4.78 is 2.14. The molecule has 21 heavy (non-hydrogen) atoms. The van der Waals surface area contributed by atoms with Crippen molar-refractivity contribution in [3.8, 4) is 6.07 Å². The lowest BCUT2D eigenvalue weighted by Crippen LogP contribution is -2.03. The molecule has 104 valence electrons. The summed E-state index contributed by atoms with van der Waals surface area (Å²) in [5.41, 5.74) is 5.43. The van der Waals surface area contributed by atoms with Gasteiger partial charge in [-0.05, 0) is 37.5 Å². The molecule has 3 rings (SSSR count). The Morgan fingerprint density at radius 3 is 2.62 bits per heavy atom. The van der Waals surface area contributed by atoms with Gasteiger partial charge in [0.05, 0.1) is 23.9 Å². The third-order valence-corrected chi connectivity index (χ3v) is 3.78. The highest BCUT2D eigenvalue weighted by Crippen LogP contribution is 2.17. The predicted molar refractivity (Wildman–Crippen MR) is 83.1 cm³/mol. The van der Waals surface area contributed by atoms with Gasteiger partial charge < -0.3 is 0 Å². The molecular weight excluding hydrogens is 258 g/mol. The van der Waals surface area contributed by atoms with Crippen LogP contribution in [0.2, 0.25) is 0 Å². The Labute approximate surface area is 124 Å². The van der Waals surface area contributed by atoms with Crippen LogP contribution in [0.15, 0.2) is 48.5 Å². The number of fused-ring (bicyclic) bond motifs is 1. The minimum Gasteiger partial charge on any atom is -0.300 e. The Morgan fingerprint density at radius 2 is 1.86 bits per heavy atom. The number of aromatic nitrogens is 2. The number of hydrogen-bond acceptors (Lipinski definition) is 2. The predicted octanol–water partition coefficient (Wildman–Crippen LogP) is 3.49. The lowest BCUT2D eigenvalue weighted by Gasteiger charge is -2.08. The smallest absolute Gasteiger partial charge is 0.137 e. The Kier molecular flexibility index (Phi) is 3.70. The standard InChI is InChI=1S/C18H17N3/c1-14-17(12-13-19)21-16(8-5-9-18(21)20-14)11-10-15-6-3-2-4-7-15/h2-9H,10-12H2,1H3. The van der Waals surface area contributed by atoms with Crippen LogP contribution in [0.3, 0.4) is 0 Å². The molecule has 0 amide bonds. The highest BCUT2D eigenvalue weighted by molar-refractivity contribution is 5.45. The summed E-state index contributed by atoms with van der Waals surface area (Å²) in [5, 5.41) is 9.03. The van der Waals surface area contributed by atoms with E-state index >= 15 is 0 Å². The van der Waals surface area contributed by atoms with Gasteiger partial charge in [-0.3, -0.25) is 4.40 Å². The van der Waals surface area contributed by atoms with Crippen LogP contribution in [0, 0.1) is 18.3 Å². The summed E-state index contributed by atoms with van der Waals surface area (Å²) in [6.07, 6.45) is 2.33. The molecule has 0 aliphatic rings. The van der Waals surface area contributed by atoms with Gasteiger partial charge in [0, 0.05) is 5.69 Å². The molecule has 3 aromatic rings. The van der Waals surface area contributed by atoms with Gasteiger partial charge in [-0.1, -0.05) is 36.4 Å². The van der Waals surface area contributed by atoms with Crippen molar-refractivity contribution in [3.05, 3.63) is 71.2 Å². The number of rotatable bonds is 4. The Balaban J connectivity index is 1.96. The molecule has 0 atom stereocenters. The van der Waals surface area contributed by atoms with Crippen LogP contribution in [0.25, 0.3) is 5.65 Å². The first-order valence-electron chi connectivity index (χ1n) is 7.16. The first kappa shape index (κ1) is 13.4. The van der Waals surface area contributed by atoms with Crippen LogP contribution in [0.1, 0.15) is 22.6 Å². The van der Waals surface area contributed by atoms with Gasteiger partial charge in [0.15, 0.2) is 0 Å². The van der Waals surface area contributed by atoms with E-state index in [-0.39, 0.29) is 0 Å². The second-order valence-corrected chi connectivity index (χ2v) is 5.18. The van der Waals surface area contributed by atoms with E-state index in [4.69, 9.17) is 5.26 Å². The van der Waals surface area contributed by atoms with Crippen molar-refractivity contribution in [1.82, 2.24) is 9.38 Å². The zero-order valence-electron chi connectivity index (χ0n) is 12.1. The third-order valence-electron chi connectivity index (χ3n) is 3.78. The fraction of sp³-hybridized carbons (Fsp3) is 0.222. The van der Waals surface area contributed by atoms with Crippen molar-refractivity contribution in [1.29, 1.82) is 5.26 Å². The summed E-state index contributed by atoms with van der Waals surface area (Å²) in [7, 11) is 0. The van der Waals surface area contributed by atoms with Crippen LogP contribution in [0.5, 0.6) is 0 Å². The Hall–Kier alpha value is -2.60. The van der Waals surface area contributed by atoms with Crippen molar-refractivity contribution in [2.45, 2.75) is 26.2 Å². The quantitative estimate of drug-likeness (QED) is 0.731. The summed E-state index contributed by atoms with van der Waals surface area (Å²) in [6, 6.07) is 18.9. The first-order valence-corrected chi connectivity index (χ1v) is 7.16. The van der Waals surface area contributed by atoms with E-state index in [1.807, 2.05) is 25.1 Å². The van der Waals surface area contributed by atoms with Crippen LogP contribution in [0.4, 0.5) is 0 Å². The monoisotopic (exact) mass is 275 g/mol. The van der Waals surface area contributed by atoms with Crippen LogP contribution < -0.4 is 0 Å². The summed E-state index contributed by atoms with van der Waals surface area (Å²) in [5.74, 6) is 0. The number of imidazole rings is 1. The third kappa shape index (κ3) is 2.66. The highest BCUT2D eigenvalue weighted by atomic mass is 15.0. The number of nitriles is 1. The number of benzene rings is 1. The zero-order chi connectivity index (χ0) is 14.7. The molecule has 3 heteroatoms. The molecule has 3 nitrogen and oxygen atoms in total. The zero-order valence-corrected chi connectivity index (χ0v) is 12.1. The highest BCUT2D eigenvalue weighted by Gasteiger charge is 2.11. The molecular formula is C18H17N3. The van der Waals surface area contributed by atoms with Gasteiger partial charge in [0.2, 0.25) is 0 Å². The second kappa shape index (κ2) is 5.80. The molecule has 2 aromatic heterocycles. The Bertz CT molecular complexity index is 794.